The Morgan fingerprint density at radius 1 is 0.596 bits per heavy atom. The number of benzene rings is 7. The van der Waals surface area contributed by atoms with E-state index in [1.165, 1.54) is 49.9 Å². The largest absolute Gasteiger partial charge is 0.455 e. The molecule has 0 amide bonds. The molecule has 52 heavy (non-hydrogen) atoms. The number of fused-ring (bicyclic) bond motifs is 7. The van der Waals surface area contributed by atoms with Crippen molar-refractivity contribution < 1.29 is 4.42 Å². The van der Waals surface area contributed by atoms with Gasteiger partial charge < -0.3 is 13.9 Å². The molecule has 1 aliphatic heterocycles. The highest BCUT2D eigenvalue weighted by atomic mass is 16.3. The lowest BCUT2D eigenvalue weighted by molar-refractivity contribution is 0.462. The molecule has 10 rings (SSSR count). The summed E-state index contributed by atoms with van der Waals surface area (Å²) in [6.45, 7) is 11.1. The van der Waals surface area contributed by atoms with Gasteiger partial charge in [-0.3, -0.25) is 0 Å². The summed E-state index contributed by atoms with van der Waals surface area (Å²) in [7, 11) is 0. The van der Waals surface area contributed by atoms with E-state index in [-0.39, 0.29) is 11.5 Å². The summed E-state index contributed by atoms with van der Waals surface area (Å²) in [5, 5.41) is 4.75. The van der Waals surface area contributed by atoms with Crippen LogP contribution in [0.1, 0.15) is 31.9 Å². The average Bonchev–Trinajstić information content (AvgIpc) is 3.79. The maximum Gasteiger partial charge on any atom is 0.143 e. The van der Waals surface area contributed by atoms with Crippen molar-refractivity contribution in [2.24, 2.45) is 0 Å². The van der Waals surface area contributed by atoms with Crippen molar-refractivity contribution in [1.82, 2.24) is 4.57 Å². The number of furan rings is 1. The molecule has 1 unspecified atom stereocenters. The Bertz CT molecular complexity index is 2850. The van der Waals surface area contributed by atoms with E-state index in [0.717, 1.165) is 44.3 Å². The fourth-order valence-corrected chi connectivity index (χ4v) is 8.61. The van der Waals surface area contributed by atoms with Gasteiger partial charge in [-0.25, -0.2) is 0 Å². The third kappa shape index (κ3) is 4.39. The predicted octanol–water partition coefficient (Wildman–Crippen LogP) is 13.5. The summed E-state index contributed by atoms with van der Waals surface area (Å²) in [5.74, 6) is 0. The fraction of sp³-hybridized carbons (Fsp3) is 0.102. The van der Waals surface area contributed by atoms with Crippen LogP contribution in [0, 0.1) is 0 Å². The smallest absolute Gasteiger partial charge is 0.143 e. The molecule has 1 aliphatic rings. The van der Waals surface area contributed by atoms with Gasteiger partial charge in [0.05, 0.1) is 11.0 Å². The van der Waals surface area contributed by atoms with Crippen LogP contribution >= 0.6 is 0 Å². The summed E-state index contributed by atoms with van der Waals surface area (Å²) in [6, 6.07) is 55.3. The zero-order chi connectivity index (χ0) is 35.1. The van der Waals surface area contributed by atoms with Crippen LogP contribution in [-0.2, 0) is 5.41 Å². The van der Waals surface area contributed by atoms with Gasteiger partial charge in [0, 0.05) is 55.6 Å². The van der Waals surface area contributed by atoms with Gasteiger partial charge in [0.2, 0.25) is 0 Å². The van der Waals surface area contributed by atoms with E-state index in [4.69, 9.17) is 4.42 Å². The molecule has 0 saturated heterocycles. The number of aromatic nitrogens is 1. The number of rotatable bonds is 5. The lowest BCUT2D eigenvalue weighted by Crippen LogP contribution is -2.36. The first-order valence-corrected chi connectivity index (χ1v) is 18.1. The van der Waals surface area contributed by atoms with Gasteiger partial charge in [-0.05, 0) is 89.3 Å². The first-order valence-electron chi connectivity index (χ1n) is 18.1. The Balaban J connectivity index is 1.23. The molecule has 0 saturated carbocycles. The van der Waals surface area contributed by atoms with Gasteiger partial charge in [-0.1, -0.05) is 124 Å². The van der Waals surface area contributed by atoms with E-state index in [2.05, 4.69) is 182 Å². The Labute approximate surface area is 303 Å². The third-order valence-corrected chi connectivity index (χ3v) is 11.6. The molecule has 7 aromatic carbocycles. The minimum Gasteiger partial charge on any atom is -0.455 e. The molecule has 0 radical (unpaired) electrons. The molecule has 1 atom stereocenters. The predicted molar refractivity (Wildman–Crippen MR) is 220 cm³/mol. The molecule has 0 N–H and O–H groups in total. The van der Waals surface area contributed by atoms with Crippen LogP contribution in [0.2, 0.25) is 0 Å². The zero-order valence-corrected chi connectivity index (χ0v) is 29.6. The maximum absolute atomic E-state index is 6.53. The van der Waals surface area contributed by atoms with Gasteiger partial charge >= 0.3 is 0 Å². The van der Waals surface area contributed by atoms with Crippen molar-refractivity contribution in [3.05, 3.63) is 169 Å². The lowest BCUT2D eigenvalue weighted by Gasteiger charge is -2.31. The minimum atomic E-state index is -0.0604. The van der Waals surface area contributed by atoms with Gasteiger partial charge in [-0.2, -0.15) is 0 Å². The molecule has 9 aromatic rings. The summed E-state index contributed by atoms with van der Waals surface area (Å²) in [5.41, 5.74) is 14.9. The van der Waals surface area contributed by atoms with E-state index in [0.29, 0.717) is 0 Å². The molecule has 3 nitrogen and oxygen atoms in total. The topological polar surface area (TPSA) is 21.3 Å². The lowest BCUT2D eigenvalue weighted by atomic mass is 9.81. The average molecular weight is 671 g/mol. The van der Waals surface area contributed by atoms with Crippen LogP contribution in [0.3, 0.4) is 0 Å². The van der Waals surface area contributed by atoms with E-state index in [1.807, 2.05) is 12.1 Å². The van der Waals surface area contributed by atoms with Crippen molar-refractivity contribution >= 4 is 61.2 Å². The van der Waals surface area contributed by atoms with Crippen LogP contribution in [0.5, 0.6) is 0 Å². The molecule has 0 bridgehead atoms. The Kier molecular flexibility index (Phi) is 6.65. The van der Waals surface area contributed by atoms with Crippen molar-refractivity contribution in [3.8, 4) is 27.9 Å². The molecule has 250 valence electrons. The number of nitrogens with zero attached hydrogens (tertiary/aromatic N) is 2. The highest BCUT2D eigenvalue weighted by Crippen LogP contribution is 2.51. The molecular weight excluding hydrogens is 633 g/mol. The number of para-hydroxylation sites is 3. The third-order valence-electron chi connectivity index (χ3n) is 11.6. The number of hydrogen-bond acceptors (Lipinski definition) is 2. The van der Waals surface area contributed by atoms with E-state index in [9.17, 15) is 0 Å². The molecular formula is C49H38N2O. The molecule has 2 aromatic heterocycles. The number of hydrogen-bond donors (Lipinski definition) is 0. The zero-order valence-electron chi connectivity index (χ0n) is 29.6. The van der Waals surface area contributed by atoms with E-state index in [1.54, 1.807) is 0 Å². The van der Waals surface area contributed by atoms with Crippen LogP contribution in [0.25, 0.3) is 77.8 Å². The fourth-order valence-electron chi connectivity index (χ4n) is 8.61. The van der Waals surface area contributed by atoms with Gasteiger partial charge in [-0.15, -0.1) is 0 Å². The minimum absolute atomic E-state index is 0.0604. The van der Waals surface area contributed by atoms with Crippen molar-refractivity contribution in [2.75, 3.05) is 4.90 Å². The second-order valence-electron chi connectivity index (χ2n) is 14.7. The standard InChI is InChI=1S/C49H38N2O/c1-5-32-22-25-35(26-23-32)51-44-27-24-33(36-16-9-10-17-37(36)39-19-13-20-40-38-18-11-12-21-47(38)52-48(39)40)28-41(44)42-29-46-43(30-45(42)51)49(3,4)31(2)50(46)34-14-7-6-8-15-34/h5-31H,1H2,2-4H3. The Hall–Kier alpha value is -6.32. The van der Waals surface area contributed by atoms with Crippen molar-refractivity contribution in [2.45, 2.75) is 32.2 Å². The van der Waals surface area contributed by atoms with Gasteiger partial charge in [0.1, 0.15) is 11.2 Å². The van der Waals surface area contributed by atoms with Gasteiger partial charge in [0.25, 0.3) is 0 Å². The molecule has 0 spiro atoms. The normalized spacial score (nSPS) is 15.2. The molecule has 3 heterocycles. The Morgan fingerprint density at radius 3 is 2.10 bits per heavy atom. The van der Waals surface area contributed by atoms with Crippen LogP contribution in [0.4, 0.5) is 11.4 Å². The van der Waals surface area contributed by atoms with Crippen LogP contribution in [-0.4, -0.2) is 10.6 Å². The summed E-state index contributed by atoms with van der Waals surface area (Å²) in [4.78, 5) is 2.53. The number of anilines is 2. The summed E-state index contributed by atoms with van der Waals surface area (Å²) >= 11 is 0. The van der Waals surface area contributed by atoms with Crippen molar-refractivity contribution in [1.29, 1.82) is 0 Å². The van der Waals surface area contributed by atoms with Crippen LogP contribution in [0.15, 0.2) is 163 Å². The van der Waals surface area contributed by atoms with E-state index >= 15 is 0 Å². The van der Waals surface area contributed by atoms with E-state index < -0.39 is 0 Å². The van der Waals surface area contributed by atoms with Crippen molar-refractivity contribution in [3.63, 3.8) is 0 Å². The first-order chi connectivity index (χ1) is 25.4. The summed E-state index contributed by atoms with van der Waals surface area (Å²) < 4.78 is 8.97. The van der Waals surface area contributed by atoms with Gasteiger partial charge in [0.15, 0.2) is 0 Å². The SMILES string of the molecule is C=Cc1ccc(-n2c3ccc(-c4ccccc4-c4cccc5c4oc4ccccc45)cc3c3cc4c(cc32)C(C)(C)C(C)N4c2ccccc2)cc1. The highest BCUT2D eigenvalue weighted by molar-refractivity contribution is 6.14. The summed E-state index contributed by atoms with van der Waals surface area (Å²) in [6.07, 6.45) is 1.90. The second kappa shape index (κ2) is 11.3. The van der Waals surface area contributed by atoms with Crippen LogP contribution < -0.4 is 4.90 Å². The molecule has 3 heteroatoms. The molecule has 0 aliphatic carbocycles. The Morgan fingerprint density at radius 2 is 1.29 bits per heavy atom. The quantitative estimate of drug-likeness (QED) is 0.182. The first kappa shape index (κ1) is 30.5. The maximum atomic E-state index is 6.53. The highest BCUT2D eigenvalue weighted by Gasteiger charge is 2.43. The monoisotopic (exact) mass is 670 g/mol. The molecule has 0 fully saturated rings. The second-order valence-corrected chi connectivity index (χ2v) is 14.7.